The van der Waals surface area contributed by atoms with Gasteiger partial charge in [0.25, 0.3) is 0 Å². The number of hydrogen-bond donors (Lipinski definition) is 0. The second-order valence-corrected chi connectivity index (χ2v) is 9.89. The Kier molecular flexibility index (Phi) is 8.88. The Morgan fingerprint density at radius 3 is 1.47 bits per heavy atom. The molecule has 4 aromatic heterocycles. The number of nitrogens with zero attached hydrogens (tertiary/aromatic N) is 5. The van der Waals surface area contributed by atoms with Crippen molar-refractivity contribution in [1.29, 1.82) is 0 Å². The summed E-state index contributed by atoms with van der Waals surface area (Å²) in [6.07, 6.45) is 6.72. The van der Waals surface area contributed by atoms with Crippen molar-refractivity contribution < 1.29 is 53.7 Å². The standard InChI is InChI=1S/C38H21N5O2.Pd.Pt/c1-3-18-39-34(12-1)26-8-5-10-28(22-26)44-30-14-16-32-33-17-15-31(25-37(33)43(36(32)24-30)38-41-20-7-21-42-38)45-29-11-6-9-27(23-29)35-13-2-4-19-40-35;;/h1-21H;;/q-4;2*+2/i14D,15D;;. The third-order valence-corrected chi connectivity index (χ3v) is 7.00. The van der Waals surface area contributed by atoms with Crippen molar-refractivity contribution in [3.8, 4) is 51.5 Å². The molecule has 0 radical (unpaired) electrons. The smallest absolute Gasteiger partial charge is 0.503 e. The molecule has 0 aliphatic carbocycles. The molecule has 0 bridgehead atoms. The van der Waals surface area contributed by atoms with Crippen molar-refractivity contribution >= 4 is 21.8 Å². The Labute approximate surface area is 302 Å². The van der Waals surface area contributed by atoms with Crippen LogP contribution < -0.4 is 9.47 Å². The Morgan fingerprint density at radius 1 is 0.511 bits per heavy atom. The largest absolute Gasteiger partial charge is 2.00 e. The number of aromatic nitrogens is 5. The molecule has 0 amide bonds. The quantitative estimate of drug-likeness (QED) is 0.118. The maximum atomic E-state index is 8.83. The topological polar surface area (TPSA) is 75.0 Å². The van der Waals surface area contributed by atoms with Crippen LogP contribution in [0.15, 0.2) is 128 Å². The zero-order chi connectivity index (χ0) is 31.7. The van der Waals surface area contributed by atoms with E-state index >= 15 is 0 Å². The molecule has 0 N–H and O–H groups in total. The number of rotatable bonds is 7. The van der Waals surface area contributed by atoms with Gasteiger partial charge in [0, 0.05) is 47.8 Å². The Bertz CT molecular complexity index is 2250. The van der Waals surface area contributed by atoms with Crippen molar-refractivity contribution in [1.82, 2.24) is 24.5 Å². The minimum Gasteiger partial charge on any atom is -0.503 e. The third-order valence-electron chi connectivity index (χ3n) is 7.00. The molecule has 47 heavy (non-hydrogen) atoms. The first kappa shape index (κ1) is 29.4. The summed E-state index contributed by atoms with van der Waals surface area (Å²) in [7, 11) is 0. The average molecular weight is 883 g/mol. The minimum atomic E-state index is 0. The molecule has 4 heterocycles. The molecule has 0 aliphatic heterocycles. The van der Waals surface area contributed by atoms with Crippen LogP contribution >= 0.6 is 0 Å². The predicted octanol–water partition coefficient (Wildman–Crippen LogP) is 8.48. The van der Waals surface area contributed by atoms with E-state index in [2.05, 4.69) is 44.2 Å². The SMILES string of the molecule is [2H]c1cc2c3cc([2H])c(Oc4[c-]c(-c5ccccn5)ccc4)[c-]c3n(-c3ncccn3)c2[c-]c1Oc1[c-]c(-c2ccccn2)ccc1.[Pd+2].[Pt+2]. The van der Waals surface area contributed by atoms with Gasteiger partial charge in [-0.25, -0.2) is 9.97 Å². The van der Waals surface area contributed by atoms with E-state index in [1.807, 2.05) is 60.7 Å². The van der Waals surface area contributed by atoms with Gasteiger partial charge in [0.1, 0.15) is 0 Å². The fraction of sp³-hybridized carbons (Fsp3) is 0. The van der Waals surface area contributed by atoms with Gasteiger partial charge in [-0.15, -0.1) is 71.7 Å². The second-order valence-electron chi connectivity index (χ2n) is 9.89. The molecule has 8 aromatic rings. The van der Waals surface area contributed by atoms with Crippen LogP contribution in [0.3, 0.4) is 0 Å². The van der Waals surface area contributed by atoms with Crippen molar-refractivity contribution in [3.63, 3.8) is 0 Å². The van der Waals surface area contributed by atoms with E-state index in [0.717, 1.165) is 22.5 Å². The molecular weight excluding hydrogens is 860 g/mol. The van der Waals surface area contributed by atoms with Gasteiger partial charge in [-0.05, 0) is 32.3 Å². The third kappa shape index (κ3) is 6.63. The molecular formula is C38H21N5O2PdPt. The normalized spacial score (nSPS) is 11.2. The van der Waals surface area contributed by atoms with Crippen LogP contribution in [-0.4, -0.2) is 24.5 Å². The van der Waals surface area contributed by atoms with Crippen LogP contribution in [0.4, 0.5) is 0 Å². The van der Waals surface area contributed by atoms with Crippen LogP contribution in [0, 0.1) is 24.3 Å². The maximum absolute atomic E-state index is 8.83. The van der Waals surface area contributed by atoms with Gasteiger partial charge in [0.05, 0.1) is 0 Å². The fourth-order valence-electron chi connectivity index (χ4n) is 5.00. The zero-order valence-electron chi connectivity index (χ0n) is 26.2. The van der Waals surface area contributed by atoms with Crippen LogP contribution in [0.25, 0.3) is 50.3 Å². The average Bonchev–Trinajstić information content (AvgIpc) is 3.41. The zero-order valence-corrected chi connectivity index (χ0v) is 28.0. The number of fused-ring (bicyclic) bond motifs is 3. The summed E-state index contributed by atoms with van der Waals surface area (Å²) in [5.74, 6) is 1.57. The van der Waals surface area contributed by atoms with Gasteiger partial charge in [-0.1, -0.05) is 47.4 Å². The van der Waals surface area contributed by atoms with Gasteiger partial charge >= 0.3 is 41.5 Å². The van der Waals surface area contributed by atoms with Crippen molar-refractivity contribution in [3.05, 3.63) is 152 Å². The molecule has 8 rings (SSSR count). The molecule has 0 saturated carbocycles. The van der Waals surface area contributed by atoms with Gasteiger partial charge in [0.15, 0.2) is 0 Å². The minimum absolute atomic E-state index is 0. The number of pyridine rings is 2. The molecule has 0 atom stereocenters. The Balaban J connectivity index is 0.00000208. The predicted molar refractivity (Wildman–Crippen MR) is 171 cm³/mol. The fourth-order valence-corrected chi connectivity index (χ4v) is 5.00. The van der Waals surface area contributed by atoms with E-state index in [1.165, 1.54) is 0 Å². The molecule has 0 aliphatic rings. The summed E-state index contributed by atoms with van der Waals surface area (Å²) in [6, 6.07) is 40.7. The summed E-state index contributed by atoms with van der Waals surface area (Å²) >= 11 is 0. The van der Waals surface area contributed by atoms with Crippen LogP contribution in [0.5, 0.6) is 23.0 Å². The van der Waals surface area contributed by atoms with Gasteiger partial charge in [-0.2, -0.15) is 22.9 Å². The monoisotopic (exact) mass is 882 g/mol. The van der Waals surface area contributed by atoms with Gasteiger partial charge in [-0.3, -0.25) is 0 Å². The Morgan fingerprint density at radius 2 is 1.00 bits per heavy atom. The first-order chi connectivity index (χ1) is 23.1. The first-order valence-electron chi connectivity index (χ1n) is 15.1. The first-order valence-corrected chi connectivity index (χ1v) is 14.1. The maximum Gasteiger partial charge on any atom is 2.00 e. The molecule has 0 spiro atoms. The van der Waals surface area contributed by atoms with Crippen LogP contribution in [-0.2, 0) is 41.5 Å². The molecule has 230 valence electrons. The summed E-state index contributed by atoms with van der Waals surface area (Å²) < 4.78 is 31.8. The molecule has 9 heteroatoms. The van der Waals surface area contributed by atoms with E-state index in [1.54, 1.807) is 59.7 Å². The van der Waals surface area contributed by atoms with Gasteiger partial charge in [0.2, 0.25) is 5.95 Å². The molecule has 0 unspecified atom stereocenters. The van der Waals surface area contributed by atoms with E-state index < -0.39 is 0 Å². The molecule has 0 fully saturated rings. The second kappa shape index (κ2) is 14.2. The van der Waals surface area contributed by atoms with Crippen LogP contribution in [0.2, 0.25) is 0 Å². The summed E-state index contributed by atoms with van der Waals surface area (Å²) in [5, 5.41) is 1.33. The van der Waals surface area contributed by atoms with Crippen molar-refractivity contribution in [2.75, 3.05) is 0 Å². The molecule has 4 aromatic carbocycles. The van der Waals surface area contributed by atoms with E-state index in [4.69, 9.17) is 12.2 Å². The van der Waals surface area contributed by atoms with E-state index in [9.17, 15) is 0 Å². The summed E-state index contributed by atoms with van der Waals surface area (Å²) in [4.78, 5) is 17.8. The number of hydrogen-bond acceptors (Lipinski definition) is 6. The number of benzene rings is 4. The van der Waals surface area contributed by atoms with Gasteiger partial charge < -0.3 is 24.0 Å². The molecule has 7 nitrogen and oxygen atoms in total. The number of ether oxygens (including phenoxy) is 2. The van der Waals surface area contributed by atoms with Crippen molar-refractivity contribution in [2.45, 2.75) is 0 Å². The molecule has 0 saturated heterocycles. The summed E-state index contributed by atoms with van der Waals surface area (Å²) in [6.45, 7) is 0. The van der Waals surface area contributed by atoms with Crippen molar-refractivity contribution in [2.24, 2.45) is 0 Å². The summed E-state index contributed by atoms with van der Waals surface area (Å²) in [5.41, 5.74) is 4.13. The van der Waals surface area contributed by atoms with E-state index in [0.29, 0.717) is 39.3 Å². The van der Waals surface area contributed by atoms with Crippen LogP contribution in [0.1, 0.15) is 2.74 Å². The van der Waals surface area contributed by atoms with E-state index in [-0.39, 0.29) is 65.1 Å². The Hall–Kier alpha value is -4.99.